The van der Waals surface area contributed by atoms with Crippen LogP contribution in [0.2, 0.25) is 0 Å². The van der Waals surface area contributed by atoms with Crippen molar-refractivity contribution in [3.05, 3.63) is 41.7 Å². The lowest BCUT2D eigenvalue weighted by atomic mass is 10.3. The van der Waals surface area contributed by atoms with E-state index >= 15 is 0 Å². The molecule has 2 heterocycles. The number of hydrogen-bond acceptors (Lipinski definition) is 5. The summed E-state index contributed by atoms with van der Waals surface area (Å²) in [5, 5.41) is 4.32. The topological polar surface area (TPSA) is 84.7 Å². The molecular weight excluding hydrogens is 437 g/mol. The summed E-state index contributed by atoms with van der Waals surface area (Å²) in [6, 6.07) is 5.98. The minimum absolute atomic E-state index is 0.0850. The zero-order chi connectivity index (χ0) is 22.8. The quantitative estimate of drug-likeness (QED) is 0.661. The van der Waals surface area contributed by atoms with Gasteiger partial charge in [0.25, 0.3) is 0 Å². The van der Waals surface area contributed by atoms with Crippen molar-refractivity contribution in [2.45, 2.75) is 38.1 Å². The minimum atomic E-state index is -4.85. The number of halogens is 3. The largest absolute Gasteiger partial charge is 0.573 e. The van der Waals surface area contributed by atoms with Crippen molar-refractivity contribution in [1.82, 2.24) is 19.0 Å². The Bertz CT molecular complexity index is 1030. The molecule has 0 unspecified atom stereocenters. The number of aryl methyl sites for hydroxylation is 3. The molecule has 31 heavy (non-hydrogen) atoms. The zero-order valence-electron chi connectivity index (χ0n) is 17.1. The Balaban J connectivity index is 1.55. The molecule has 0 N–H and O–H groups in total. The highest BCUT2D eigenvalue weighted by Gasteiger charge is 2.32. The lowest BCUT2D eigenvalue weighted by molar-refractivity contribution is -0.274. The van der Waals surface area contributed by atoms with E-state index in [9.17, 15) is 26.4 Å². The van der Waals surface area contributed by atoms with E-state index in [1.807, 2.05) is 19.9 Å². The first-order chi connectivity index (χ1) is 14.5. The Labute approximate surface area is 178 Å². The van der Waals surface area contributed by atoms with Crippen LogP contribution >= 0.6 is 0 Å². The van der Waals surface area contributed by atoms with Crippen LogP contribution in [0.25, 0.3) is 0 Å². The average Bonchev–Trinajstić information content (AvgIpc) is 3.02. The van der Waals surface area contributed by atoms with E-state index < -0.39 is 22.1 Å². The third-order valence-corrected chi connectivity index (χ3v) is 6.84. The van der Waals surface area contributed by atoms with Gasteiger partial charge in [-0.25, -0.2) is 8.42 Å². The predicted molar refractivity (Wildman–Crippen MR) is 105 cm³/mol. The minimum Gasteiger partial charge on any atom is -0.406 e. The molecule has 8 nitrogen and oxygen atoms in total. The zero-order valence-corrected chi connectivity index (χ0v) is 17.9. The number of carbonyl (C=O) groups is 1. The number of sulfonamides is 1. The van der Waals surface area contributed by atoms with Crippen LogP contribution in [0.15, 0.2) is 35.2 Å². The Morgan fingerprint density at radius 1 is 1.10 bits per heavy atom. The second-order valence-corrected chi connectivity index (χ2v) is 9.14. The standard InChI is InChI=1S/C19H23F3N4O4S/c1-14-13-15(2)26(23-14)8-7-18(27)24-9-11-25(12-10-24)31(28,29)17-5-3-16(4-6-17)30-19(20,21)22/h3-6,13H,7-12H2,1-2H3. The van der Waals surface area contributed by atoms with Crippen LogP contribution in [-0.2, 0) is 21.4 Å². The van der Waals surface area contributed by atoms with Crippen LogP contribution < -0.4 is 4.74 Å². The summed E-state index contributed by atoms with van der Waals surface area (Å²) in [6.07, 6.45) is -4.59. The number of aromatic nitrogens is 2. The SMILES string of the molecule is Cc1cc(C)n(CCC(=O)N2CCN(S(=O)(=O)c3ccc(OC(F)(F)F)cc3)CC2)n1. The molecule has 0 aliphatic carbocycles. The van der Waals surface area contributed by atoms with Gasteiger partial charge < -0.3 is 9.64 Å². The molecule has 3 rings (SSSR count). The van der Waals surface area contributed by atoms with Crippen molar-refractivity contribution in [2.75, 3.05) is 26.2 Å². The summed E-state index contributed by atoms with van der Waals surface area (Å²) in [5.41, 5.74) is 1.84. The van der Waals surface area contributed by atoms with Gasteiger partial charge in [0.05, 0.1) is 10.6 Å². The molecule has 1 fully saturated rings. The van der Waals surface area contributed by atoms with Gasteiger partial charge >= 0.3 is 6.36 Å². The van der Waals surface area contributed by atoms with Gasteiger partial charge in [-0.2, -0.15) is 9.40 Å². The van der Waals surface area contributed by atoms with Crippen molar-refractivity contribution in [3.8, 4) is 5.75 Å². The van der Waals surface area contributed by atoms with Crippen molar-refractivity contribution in [2.24, 2.45) is 0 Å². The van der Waals surface area contributed by atoms with E-state index in [-0.39, 0.29) is 43.4 Å². The van der Waals surface area contributed by atoms with E-state index in [2.05, 4.69) is 9.84 Å². The summed E-state index contributed by atoms with van der Waals surface area (Å²) < 4.78 is 69.0. The Morgan fingerprint density at radius 3 is 2.23 bits per heavy atom. The van der Waals surface area contributed by atoms with Gasteiger partial charge in [0, 0.05) is 44.8 Å². The van der Waals surface area contributed by atoms with E-state index in [1.165, 1.54) is 4.31 Å². The monoisotopic (exact) mass is 460 g/mol. The van der Waals surface area contributed by atoms with Crippen LogP contribution in [0.3, 0.4) is 0 Å². The van der Waals surface area contributed by atoms with Crippen LogP contribution in [-0.4, -0.2) is 65.9 Å². The lowest BCUT2D eigenvalue weighted by Gasteiger charge is -2.34. The van der Waals surface area contributed by atoms with E-state index in [4.69, 9.17) is 0 Å². The van der Waals surface area contributed by atoms with Gasteiger partial charge in [-0.15, -0.1) is 13.2 Å². The highest BCUT2D eigenvalue weighted by atomic mass is 32.2. The van der Waals surface area contributed by atoms with Crippen molar-refractivity contribution in [1.29, 1.82) is 0 Å². The molecule has 1 saturated heterocycles. The molecule has 0 spiro atoms. The molecule has 0 saturated carbocycles. The predicted octanol–water partition coefficient (Wildman–Crippen LogP) is 2.32. The van der Waals surface area contributed by atoms with Gasteiger partial charge in [-0.1, -0.05) is 0 Å². The van der Waals surface area contributed by atoms with Gasteiger partial charge in [0.15, 0.2) is 0 Å². The second kappa shape index (κ2) is 8.87. The number of piperazine rings is 1. The summed E-state index contributed by atoms with van der Waals surface area (Å²) in [4.78, 5) is 14.0. The van der Waals surface area contributed by atoms with Gasteiger partial charge in [-0.3, -0.25) is 9.48 Å². The Morgan fingerprint density at radius 2 is 1.71 bits per heavy atom. The molecule has 1 aromatic carbocycles. The number of hydrogen-bond donors (Lipinski definition) is 0. The van der Waals surface area contributed by atoms with Gasteiger partial charge in [0.1, 0.15) is 5.75 Å². The number of alkyl halides is 3. The van der Waals surface area contributed by atoms with Crippen molar-refractivity contribution < 1.29 is 31.1 Å². The first-order valence-corrected chi connectivity index (χ1v) is 11.0. The van der Waals surface area contributed by atoms with Crippen molar-refractivity contribution >= 4 is 15.9 Å². The average molecular weight is 460 g/mol. The number of ether oxygens (including phenoxy) is 1. The fraction of sp³-hybridized carbons (Fsp3) is 0.474. The molecule has 1 aliphatic rings. The molecule has 1 aliphatic heterocycles. The number of carbonyl (C=O) groups excluding carboxylic acids is 1. The van der Waals surface area contributed by atoms with Crippen LogP contribution in [0.4, 0.5) is 13.2 Å². The van der Waals surface area contributed by atoms with Crippen LogP contribution in [0, 0.1) is 13.8 Å². The highest BCUT2D eigenvalue weighted by Crippen LogP contribution is 2.25. The van der Waals surface area contributed by atoms with Crippen molar-refractivity contribution in [3.63, 3.8) is 0 Å². The van der Waals surface area contributed by atoms with E-state index in [0.717, 1.165) is 35.7 Å². The molecule has 0 atom stereocenters. The lowest BCUT2D eigenvalue weighted by Crippen LogP contribution is -2.50. The van der Waals surface area contributed by atoms with Gasteiger partial charge in [0.2, 0.25) is 15.9 Å². The fourth-order valence-electron chi connectivity index (χ4n) is 3.40. The second-order valence-electron chi connectivity index (χ2n) is 7.20. The third kappa shape index (κ3) is 5.76. The molecule has 2 aromatic rings. The maximum Gasteiger partial charge on any atom is 0.573 e. The molecule has 1 aromatic heterocycles. The summed E-state index contributed by atoms with van der Waals surface area (Å²) in [5.74, 6) is -0.581. The maximum absolute atomic E-state index is 12.8. The smallest absolute Gasteiger partial charge is 0.406 e. The normalized spacial score (nSPS) is 15.8. The van der Waals surface area contributed by atoms with E-state index in [1.54, 1.807) is 9.58 Å². The van der Waals surface area contributed by atoms with Crippen LogP contribution in [0.5, 0.6) is 5.75 Å². The number of rotatable bonds is 6. The van der Waals surface area contributed by atoms with Crippen LogP contribution in [0.1, 0.15) is 17.8 Å². The molecule has 0 bridgehead atoms. The first-order valence-electron chi connectivity index (χ1n) is 9.60. The maximum atomic E-state index is 12.8. The molecule has 1 amide bonds. The summed E-state index contributed by atoms with van der Waals surface area (Å²) >= 11 is 0. The molecule has 0 radical (unpaired) electrons. The highest BCUT2D eigenvalue weighted by molar-refractivity contribution is 7.89. The number of benzene rings is 1. The van der Waals surface area contributed by atoms with E-state index in [0.29, 0.717) is 6.54 Å². The molecule has 12 heteroatoms. The summed E-state index contributed by atoms with van der Waals surface area (Å²) in [7, 11) is -3.89. The first kappa shape index (κ1) is 23.1. The third-order valence-electron chi connectivity index (χ3n) is 4.93. The Kier molecular flexibility index (Phi) is 6.60. The fourth-order valence-corrected chi connectivity index (χ4v) is 4.82. The summed E-state index contributed by atoms with van der Waals surface area (Å²) in [6.45, 7) is 4.93. The number of amides is 1. The Hall–Kier alpha value is -2.60. The number of nitrogens with zero attached hydrogens (tertiary/aromatic N) is 4. The molecule has 170 valence electrons. The molecular formula is C19H23F3N4O4S. The van der Waals surface area contributed by atoms with Gasteiger partial charge in [-0.05, 0) is 44.2 Å².